The van der Waals surface area contributed by atoms with Crippen molar-refractivity contribution in [3.05, 3.63) is 65.2 Å². The predicted octanol–water partition coefficient (Wildman–Crippen LogP) is 5.46. The van der Waals surface area contributed by atoms with Gasteiger partial charge in [-0.05, 0) is 41.2 Å². The van der Waals surface area contributed by atoms with Crippen LogP contribution in [0.15, 0.2) is 48.5 Å². The van der Waals surface area contributed by atoms with E-state index in [1.54, 1.807) is 6.07 Å². The van der Waals surface area contributed by atoms with Crippen molar-refractivity contribution in [3.63, 3.8) is 0 Å². The van der Waals surface area contributed by atoms with Gasteiger partial charge in [0.15, 0.2) is 0 Å². The lowest BCUT2D eigenvalue weighted by Crippen LogP contribution is -2.10. The molecule has 0 amide bonds. The number of nitrogens with zero attached hydrogens (tertiary/aromatic N) is 1. The highest BCUT2D eigenvalue weighted by Crippen LogP contribution is 2.28. The lowest BCUT2D eigenvalue weighted by Gasteiger charge is -2.19. The molecule has 25 heavy (non-hydrogen) atoms. The van der Waals surface area contributed by atoms with Gasteiger partial charge in [0, 0.05) is 10.9 Å². The van der Waals surface area contributed by atoms with E-state index in [0.717, 1.165) is 17.5 Å². The van der Waals surface area contributed by atoms with E-state index >= 15 is 0 Å². The van der Waals surface area contributed by atoms with Gasteiger partial charge in [-0.2, -0.15) is 0 Å². The Kier molecular flexibility index (Phi) is 4.34. The van der Waals surface area contributed by atoms with Gasteiger partial charge in [-0.15, -0.1) is 0 Å². The van der Waals surface area contributed by atoms with Crippen LogP contribution in [0.3, 0.4) is 0 Å². The van der Waals surface area contributed by atoms with Crippen molar-refractivity contribution in [2.45, 2.75) is 39.5 Å². The molecule has 1 heterocycles. The third kappa shape index (κ3) is 3.41. The number of hydrogen-bond donors (Lipinski definition) is 1. The quantitative estimate of drug-likeness (QED) is 0.692. The van der Waals surface area contributed by atoms with Gasteiger partial charge in [0.05, 0.1) is 16.8 Å². The highest BCUT2D eigenvalue weighted by Gasteiger charge is 2.16. The topological polar surface area (TPSA) is 50.2 Å². The van der Waals surface area contributed by atoms with Crippen LogP contribution in [-0.4, -0.2) is 16.1 Å². The molecule has 0 aliphatic heterocycles. The minimum absolute atomic E-state index is 0.0815. The van der Waals surface area contributed by atoms with Crippen LogP contribution >= 0.6 is 0 Å². The molecule has 0 saturated heterocycles. The van der Waals surface area contributed by atoms with Crippen molar-refractivity contribution in [2.24, 2.45) is 0 Å². The second-order valence-electron chi connectivity index (χ2n) is 7.39. The van der Waals surface area contributed by atoms with Gasteiger partial charge >= 0.3 is 5.97 Å². The average Bonchev–Trinajstić information content (AvgIpc) is 2.59. The van der Waals surface area contributed by atoms with Crippen LogP contribution in [0.4, 0.5) is 0 Å². The highest BCUT2D eigenvalue weighted by molar-refractivity contribution is 6.04. The van der Waals surface area contributed by atoms with Gasteiger partial charge in [-0.25, -0.2) is 9.78 Å². The number of pyridine rings is 1. The zero-order chi connectivity index (χ0) is 18.2. The maximum atomic E-state index is 11.8. The fraction of sp³-hybridized carbons (Fsp3) is 0.273. The minimum Gasteiger partial charge on any atom is -0.478 e. The molecule has 3 aromatic rings. The lowest BCUT2D eigenvalue weighted by molar-refractivity contribution is 0.0699. The second kappa shape index (κ2) is 6.32. The zero-order valence-corrected chi connectivity index (χ0v) is 15.1. The van der Waals surface area contributed by atoms with Crippen molar-refractivity contribution < 1.29 is 9.90 Å². The number of carbonyl (C=O) groups is 1. The van der Waals surface area contributed by atoms with E-state index in [0.29, 0.717) is 22.2 Å². The first kappa shape index (κ1) is 17.2. The molecule has 0 saturated carbocycles. The van der Waals surface area contributed by atoms with Gasteiger partial charge in [0.25, 0.3) is 0 Å². The van der Waals surface area contributed by atoms with Crippen LogP contribution in [0.1, 0.15) is 49.2 Å². The van der Waals surface area contributed by atoms with Gasteiger partial charge in [0.2, 0.25) is 0 Å². The van der Waals surface area contributed by atoms with Crippen molar-refractivity contribution in [2.75, 3.05) is 0 Å². The Morgan fingerprint density at radius 3 is 2.28 bits per heavy atom. The Morgan fingerprint density at radius 1 is 1.04 bits per heavy atom. The van der Waals surface area contributed by atoms with Crippen molar-refractivity contribution in [3.8, 4) is 11.3 Å². The summed E-state index contributed by atoms with van der Waals surface area (Å²) in [6.45, 7) is 8.57. The molecule has 0 aliphatic rings. The maximum Gasteiger partial charge on any atom is 0.336 e. The molecule has 0 atom stereocenters. The van der Waals surface area contributed by atoms with Crippen LogP contribution in [0.25, 0.3) is 22.2 Å². The molecule has 0 spiro atoms. The normalized spacial score (nSPS) is 11.7. The Hall–Kier alpha value is -2.68. The van der Waals surface area contributed by atoms with Crippen LogP contribution in [0.5, 0.6) is 0 Å². The van der Waals surface area contributed by atoms with E-state index in [1.165, 1.54) is 5.56 Å². The number of carboxylic acid groups (broad SMARTS) is 1. The number of benzene rings is 2. The standard InChI is InChI=1S/C22H23NO2/c1-5-14-6-11-19-17(12-14)18(21(24)25)13-20(23-19)15-7-9-16(10-8-15)22(2,3)4/h6-13H,5H2,1-4H3,(H,24,25). The van der Waals surface area contributed by atoms with Gasteiger partial charge in [-0.1, -0.05) is 58.0 Å². The first-order valence-corrected chi connectivity index (χ1v) is 8.57. The summed E-state index contributed by atoms with van der Waals surface area (Å²) in [7, 11) is 0. The summed E-state index contributed by atoms with van der Waals surface area (Å²) in [5.41, 5.74) is 5.06. The van der Waals surface area contributed by atoms with Crippen LogP contribution < -0.4 is 0 Å². The van der Waals surface area contributed by atoms with E-state index in [1.807, 2.05) is 30.3 Å². The van der Waals surface area contributed by atoms with Crippen LogP contribution in [0, 0.1) is 0 Å². The molecule has 0 unspecified atom stereocenters. The molecule has 1 aromatic heterocycles. The average molecular weight is 333 g/mol. The van der Waals surface area contributed by atoms with Crippen molar-refractivity contribution in [1.29, 1.82) is 0 Å². The molecule has 2 aromatic carbocycles. The van der Waals surface area contributed by atoms with Gasteiger partial charge in [0.1, 0.15) is 0 Å². The number of fused-ring (bicyclic) bond motifs is 1. The van der Waals surface area contributed by atoms with E-state index in [4.69, 9.17) is 4.98 Å². The largest absolute Gasteiger partial charge is 0.478 e. The zero-order valence-electron chi connectivity index (χ0n) is 15.1. The van der Waals surface area contributed by atoms with E-state index in [9.17, 15) is 9.90 Å². The van der Waals surface area contributed by atoms with Gasteiger partial charge < -0.3 is 5.11 Å². The molecular weight excluding hydrogens is 310 g/mol. The molecule has 0 aliphatic carbocycles. The molecular formula is C22H23NO2. The Balaban J connectivity index is 2.15. The summed E-state index contributed by atoms with van der Waals surface area (Å²) >= 11 is 0. The predicted molar refractivity (Wildman–Crippen MR) is 102 cm³/mol. The monoisotopic (exact) mass is 333 g/mol. The number of aromatic carboxylic acids is 1. The SMILES string of the molecule is CCc1ccc2nc(-c3ccc(C(C)(C)C)cc3)cc(C(=O)O)c2c1. The van der Waals surface area contributed by atoms with Crippen LogP contribution in [-0.2, 0) is 11.8 Å². The van der Waals surface area contributed by atoms with Crippen molar-refractivity contribution in [1.82, 2.24) is 4.98 Å². The smallest absolute Gasteiger partial charge is 0.336 e. The molecule has 3 nitrogen and oxygen atoms in total. The lowest BCUT2D eigenvalue weighted by atomic mass is 9.86. The van der Waals surface area contributed by atoms with E-state index < -0.39 is 5.97 Å². The molecule has 0 bridgehead atoms. The number of aryl methyl sites for hydroxylation is 1. The van der Waals surface area contributed by atoms with E-state index in [-0.39, 0.29) is 5.41 Å². The molecule has 3 rings (SSSR count). The molecule has 1 N–H and O–H groups in total. The number of aromatic nitrogens is 1. The summed E-state index contributed by atoms with van der Waals surface area (Å²) in [6, 6.07) is 15.7. The number of rotatable bonds is 3. The van der Waals surface area contributed by atoms with Crippen LogP contribution in [0.2, 0.25) is 0 Å². The highest BCUT2D eigenvalue weighted by atomic mass is 16.4. The van der Waals surface area contributed by atoms with Gasteiger partial charge in [-0.3, -0.25) is 0 Å². The summed E-state index contributed by atoms with van der Waals surface area (Å²) in [4.78, 5) is 16.4. The molecule has 3 heteroatoms. The third-order valence-electron chi connectivity index (χ3n) is 4.56. The molecule has 0 fully saturated rings. The maximum absolute atomic E-state index is 11.8. The Morgan fingerprint density at radius 2 is 1.72 bits per heavy atom. The Labute approximate surface area is 148 Å². The number of carboxylic acids is 1. The molecule has 128 valence electrons. The fourth-order valence-electron chi connectivity index (χ4n) is 2.96. The number of hydrogen-bond acceptors (Lipinski definition) is 2. The fourth-order valence-corrected chi connectivity index (χ4v) is 2.96. The summed E-state index contributed by atoms with van der Waals surface area (Å²) in [5, 5.41) is 10.3. The summed E-state index contributed by atoms with van der Waals surface area (Å²) < 4.78 is 0. The first-order valence-electron chi connectivity index (χ1n) is 8.57. The van der Waals surface area contributed by atoms with Crippen molar-refractivity contribution >= 4 is 16.9 Å². The summed E-state index contributed by atoms with van der Waals surface area (Å²) in [5.74, 6) is -0.923. The third-order valence-corrected chi connectivity index (χ3v) is 4.56. The van der Waals surface area contributed by atoms with E-state index in [2.05, 4.69) is 39.8 Å². The Bertz CT molecular complexity index is 935. The second-order valence-corrected chi connectivity index (χ2v) is 7.39. The summed E-state index contributed by atoms with van der Waals surface area (Å²) in [6.07, 6.45) is 0.866. The molecule has 0 radical (unpaired) electrons. The first-order chi connectivity index (χ1) is 11.8. The minimum atomic E-state index is -0.923.